The number of hydrogen-bond acceptors (Lipinski definition) is 2. The first-order valence-corrected chi connectivity index (χ1v) is 15.5. The normalized spacial score (nSPS) is 14.3. The predicted octanol–water partition coefficient (Wildman–Crippen LogP) is 11.5. The fraction of sp³-hybridized carbons (Fsp3) is 0.128. The minimum Gasteiger partial charge on any atom is -0.308 e. The van der Waals surface area contributed by atoms with Crippen LogP contribution in [0, 0.1) is 0 Å². The molecule has 0 saturated heterocycles. The third-order valence-corrected chi connectivity index (χ3v) is 10.4. The number of anilines is 3. The Morgan fingerprint density at radius 2 is 1.27 bits per heavy atom. The summed E-state index contributed by atoms with van der Waals surface area (Å²) < 4.78 is 0. The summed E-state index contributed by atoms with van der Waals surface area (Å²) >= 11 is 1.90. The molecule has 198 valence electrons. The minimum absolute atomic E-state index is 0.0429. The number of hydrogen-bond donors (Lipinski definition) is 0. The highest BCUT2D eigenvalue weighted by molar-refractivity contribution is 7.99. The van der Waals surface area contributed by atoms with E-state index in [0.29, 0.717) is 0 Å². The van der Waals surface area contributed by atoms with Crippen molar-refractivity contribution in [2.24, 2.45) is 0 Å². The van der Waals surface area contributed by atoms with Crippen molar-refractivity contribution in [3.63, 3.8) is 0 Å². The Labute approximate surface area is 246 Å². The van der Waals surface area contributed by atoms with Crippen molar-refractivity contribution in [3.05, 3.63) is 139 Å². The molecule has 6 aromatic carbocycles. The molecule has 6 aromatic rings. The SMILES string of the molecule is CCC1(CC)c2ccccc2-c2c1ccc1c2N(c2ccccc2)c2cc(-c3ccc4ccccc4c3)ccc2S1. The van der Waals surface area contributed by atoms with Crippen molar-refractivity contribution in [2.75, 3.05) is 4.90 Å². The van der Waals surface area contributed by atoms with Gasteiger partial charge in [0.05, 0.1) is 11.4 Å². The summed E-state index contributed by atoms with van der Waals surface area (Å²) in [6, 6.07) is 47.3. The zero-order valence-electron chi connectivity index (χ0n) is 23.4. The molecule has 0 aromatic heterocycles. The van der Waals surface area contributed by atoms with Gasteiger partial charge in [-0.3, -0.25) is 0 Å². The van der Waals surface area contributed by atoms with Gasteiger partial charge >= 0.3 is 0 Å². The molecule has 1 aliphatic heterocycles. The summed E-state index contributed by atoms with van der Waals surface area (Å²) in [5.74, 6) is 0. The first kappa shape index (κ1) is 24.5. The molecular weight excluding hydrogens is 515 g/mol. The topological polar surface area (TPSA) is 3.24 Å². The van der Waals surface area contributed by atoms with Crippen molar-refractivity contribution in [2.45, 2.75) is 41.9 Å². The molecule has 0 atom stereocenters. The van der Waals surface area contributed by atoms with Crippen molar-refractivity contribution in [3.8, 4) is 22.3 Å². The summed E-state index contributed by atoms with van der Waals surface area (Å²) in [7, 11) is 0. The molecule has 0 radical (unpaired) electrons. The smallest absolute Gasteiger partial charge is 0.0683 e. The number of para-hydroxylation sites is 1. The lowest BCUT2D eigenvalue weighted by atomic mass is 9.74. The van der Waals surface area contributed by atoms with E-state index in [9.17, 15) is 0 Å². The Kier molecular flexibility index (Phi) is 5.62. The third kappa shape index (κ3) is 3.57. The van der Waals surface area contributed by atoms with Crippen molar-refractivity contribution >= 4 is 39.6 Å². The quantitative estimate of drug-likeness (QED) is 0.216. The van der Waals surface area contributed by atoms with E-state index in [4.69, 9.17) is 0 Å². The van der Waals surface area contributed by atoms with E-state index in [0.717, 1.165) is 12.8 Å². The minimum atomic E-state index is 0.0429. The lowest BCUT2D eigenvalue weighted by Crippen LogP contribution is -2.23. The average Bonchev–Trinajstić information content (AvgIpc) is 3.33. The van der Waals surface area contributed by atoms with Crippen LogP contribution in [0.4, 0.5) is 17.1 Å². The lowest BCUT2D eigenvalue weighted by molar-refractivity contribution is 0.490. The van der Waals surface area contributed by atoms with E-state index >= 15 is 0 Å². The molecule has 41 heavy (non-hydrogen) atoms. The fourth-order valence-corrected chi connectivity index (χ4v) is 8.29. The Morgan fingerprint density at radius 3 is 2.10 bits per heavy atom. The molecule has 0 spiro atoms. The lowest BCUT2D eigenvalue weighted by Gasteiger charge is -2.36. The zero-order valence-corrected chi connectivity index (χ0v) is 24.2. The monoisotopic (exact) mass is 545 g/mol. The van der Waals surface area contributed by atoms with E-state index in [1.807, 2.05) is 11.8 Å². The molecule has 0 saturated carbocycles. The van der Waals surface area contributed by atoms with E-state index in [1.54, 1.807) is 0 Å². The summed E-state index contributed by atoms with van der Waals surface area (Å²) in [5, 5.41) is 2.54. The molecule has 2 aliphatic rings. The standard InChI is InChI=1S/C39H31NS/c1-3-39(4-2)32-17-11-10-16-31(32)37-33(39)21-23-36-38(37)40(30-14-6-5-7-15-30)34-25-29(20-22-35(34)41-36)28-19-18-26-12-8-9-13-27(26)24-28/h5-25H,3-4H2,1-2H3. The zero-order chi connectivity index (χ0) is 27.6. The van der Waals surface area contributed by atoms with Crippen LogP contribution in [0.15, 0.2) is 137 Å². The molecule has 1 aliphatic carbocycles. The van der Waals surface area contributed by atoms with Gasteiger partial charge in [-0.2, -0.15) is 0 Å². The van der Waals surface area contributed by atoms with Gasteiger partial charge in [0.2, 0.25) is 0 Å². The van der Waals surface area contributed by atoms with E-state index < -0.39 is 0 Å². The maximum Gasteiger partial charge on any atom is 0.0683 e. The second-order valence-corrected chi connectivity index (χ2v) is 12.3. The highest BCUT2D eigenvalue weighted by atomic mass is 32.2. The van der Waals surface area contributed by atoms with E-state index in [1.165, 1.54) is 71.0 Å². The van der Waals surface area contributed by atoms with Crippen molar-refractivity contribution in [1.29, 1.82) is 0 Å². The van der Waals surface area contributed by atoms with Crippen LogP contribution in [0.5, 0.6) is 0 Å². The van der Waals surface area contributed by atoms with Gasteiger partial charge in [0.15, 0.2) is 0 Å². The average molecular weight is 546 g/mol. The van der Waals surface area contributed by atoms with Crippen molar-refractivity contribution in [1.82, 2.24) is 0 Å². The van der Waals surface area contributed by atoms with Gasteiger partial charge in [-0.15, -0.1) is 0 Å². The van der Waals surface area contributed by atoms with Gasteiger partial charge in [0, 0.05) is 26.5 Å². The molecule has 0 bridgehead atoms. The van der Waals surface area contributed by atoms with Gasteiger partial charge in [-0.1, -0.05) is 117 Å². The Hall–Kier alpha value is -4.27. The van der Waals surface area contributed by atoms with Gasteiger partial charge in [-0.05, 0) is 87.8 Å². The summed E-state index contributed by atoms with van der Waals surface area (Å²) in [4.78, 5) is 5.13. The molecule has 1 heterocycles. The van der Waals surface area contributed by atoms with E-state index in [2.05, 4.69) is 146 Å². The predicted molar refractivity (Wildman–Crippen MR) is 175 cm³/mol. The summed E-state index contributed by atoms with van der Waals surface area (Å²) in [6.45, 7) is 4.70. The van der Waals surface area contributed by atoms with Crippen LogP contribution in [-0.2, 0) is 5.41 Å². The first-order valence-electron chi connectivity index (χ1n) is 14.7. The third-order valence-electron chi connectivity index (χ3n) is 9.32. The number of fused-ring (bicyclic) bond motifs is 7. The molecule has 0 fully saturated rings. The van der Waals surface area contributed by atoms with Crippen LogP contribution in [0.2, 0.25) is 0 Å². The largest absolute Gasteiger partial charge is 0.308 e. The van der Waals surface area contributed by atoms with Gasteiger partial charge in [-0.25, -0.2) is 0 Å². The van der Waals surface area contributed by atoms with Crippen LogP contribution in [-0.4, -0.2) is 0 Å². The van der Waals surface area contributed by atoms with Crippen molar-refractivity contribution < 1.29 is 0 Å². The van der Waals surface area contributed by atoms with Gasteiger partial charge in [0.1, 0.15) is 0 Å². The fourth-order valence-electron chi connectivity index (χ4n) is 7.23. The molecule has 0 N–H and O–H groups in total. The summed E-state index contributed by atoms with van der Waals surface area (Å²) in [6.07, 6.45) is 2.18. The number of rotatable bonds is 4. The van der Waals surface area contributed by atoms with E-state index in [-0.39, 0.29) is 5.41 Å². The van der Waals surface area contributed by atoms with Gasteiger partial charge in [0.25, 0.3) is 0 Å². The molecule has 8 rings (SSSR count). The van der Waals surface area contributed by atoms with Crippen LogP contribution in [0.3, 0.4) is 0 Å². The second-order valence-electron chi connectivity index (χ2n) is 11.2. The maximum atomic E-state index is 2.53. The highest BCUT2D eigenvalue weighted by Gasteiger charge is 2.43. The molecule has 2 heteroatoms. The Morgan fingerprint density at radius 1 is 0.585 bits per heavy atom. The van der Waals surface area contributed by atoms with Crippen LogP contribution in [0.25, 0.3) is 33.0 Å². The van der Waals surface area contributed by atoms with Gasteiger partial charge < -0.3 is 4.90 Å². The van der Waals surface area contributed by atoms with Crippen LogP contribution < -0.4 is 4.90 Å². The molecular formula is C39H31NS. The highest BCUT2D eigenvalue weighted by Crippen LogP contribution is 2.62. The number of benzene rings is 6. The molecule has 1 nitrogen and oxygen atoms in total. The number of nitrogens with zero attached hydrogens (tertiary/aromatic N) is 1. The Bertz CT molecular complexity index is 1950. The maximum absolute atomic E-state index is 2.53. The molecule has 0 unspecified atom stereocenters. The second kappa shape index (κ2) is 9.39. The molecule has 0 amide bonds. The Balaban J connectivity index is 1.39. The van der Waals surface area contributed by atoms with Crippen LogP contribution in [0.1, 0.15) is 37.8 Å². The van der Waals surface area contributed by atoms with Crippen LogP contribution >= 0.6 is 11.8 Å². The first-order chi connectivity index (χ1) is 20.2. The summed E-state index contributed by atoms with van der Waals surface area (Å²) in [5.41, 5.74) is 12.0.